The summed E-state index contributed by atoms with van der Waals surface area (Å²) in [4.78, 5) is 9.89. The van der Waals surface area contributed by atoms with Crippen molar-refractivity contribution in [3.05, 3.63) is 34.4 Å². The predicted molar refractivity (Wildman–Crippen MR) is 50.9 cm³/mol. The Kier molecular flexibility index (Phi) is 2.50. The van der Waals surface area contributed by atoms with Crippen molar-refractivity contribution < 1.29 is 9.66 Å². The third kappa shape index (κ3) is 2.23. The Bertz CT molecular complexity index is 456. The molecule has 8 heteroatoms. The van der Waals surface area contributed by atoms with E-state index in [-0.39, 0.29) is 5.69 Å². The monoisotopic (exact) mass is 224 g/mol. The summed E-state index contributed by atoms with van der Waals surface area (Å²) < 4.78 is 8.72. The Labute approximate surface area is 87.6 Å². The van der Waals surface area contributed by atoms with Crippen molar-refractivity contribution in [2.45, 2.75) is 0 Å². The number of hydrogen-bond acceptors (Lipinski definition) is 7. The Hall–Kier alpha value is -2.09. The van der Waals surface area contributed by atoms with Gasteiger partial charge in [0, 0.05) is 23.7 Å². The maximum atomic E-state index is 10.4. The minimum atomic E-state index is -0.476. The van der Waals surface area contributed by atoms with E-state index in [1.807, 2.05) is 0 Å². The summed E-state index contributed by atoms with van der Waals surface area (Å²) in [5.41, 5.74) is 0.0118. The van der Waals surface area contributed by atoms with Crippen LogP contribution in [0.4, 0.5) is 5.69 Å². The first-order valence-electron chi connectivity index (χ1n) is 3.83. The molecule has 0 saturated heterocycles. The van der Waals surface area contributed by atoms with E-state index in [0.29, 0.717) is 10.9 Å². The molecule has 0 atom stereocenters. The summed E-state index contributed by atoms with van der Waals surface area (Å²) in [5.74, 6) is 0.458. The number of rotatable bonds is 3. The van der Waals surface area contributed by atoms with Gasteiger partial charge in [-0.15, -0.1) is 0 Å². The van der Waals surface area contributed by atoms with Gasteiger partial charge in [-0.2, -0.15) is 0 Å². The van der Waals surface area contributed by atoms with Gasteiger partial charge < -0.3 is 4.74 Å². The highest BCUT2D eigenvalue weighted by atomic mass is 32.1. The quantitative estimate of drug-likeness (QED) is 0.581. The van der Waals surface area contributed by atoms with E-state index in [0.717, 1.165) is 11.5 Å². The number of hydrogen-bond donors (Lipinski definition) is 0. The van der Waals surface area contributed by atoms with Gasteiger partial charge in [-0.25, -0.2) is 0 Å². The lowest BCUT2D eigenvalue weighted by Gasteiger charge is -1.98. The number of ether oxygens (including phenoxy) is 1. The maximum Gasteiger partial charge on any atom is 0.319 e. The molecule has 0 amide bonds. The number of nitrogens with zero attached hydrogens (tertiary/aromatic N) is 4. The van der Waals surface area contributed by atoms with Crippen LogP contribution in [0.2, 0.25) is 0 Å². The highest BCUT2D eigenvalue weighted by Crippen LogP contribution is 2.23. The largest absolute Gasteiger partial charge is 0.429 e. The molecule has 0 N–H and O–H groups in total. The molecule has 0 unspecified atom stereocenters. The smallest absolute Gasteiger partial charge is 0.319 e. The van der Waals surface area contributed by atoms with Crippen LogP contribution in [0.5, 0.6) is 10.9 Å². The van der Waals surface area contributed by atoms with Crippen LogP contribution in [0.15, 0.2) is 24.3 Å². The molecular formula is C7H4N4O3S. The fraction of sp³-hybridized carbons (Fsp3) is 0. The first kappa shape index (κ1) is 9.46. The van der Waals surface area contributed by atoms with Crippen LogP contribution in [-0.4, -0.2) is 19.7 Å². The van der Waals surface area contributed by atoms with Crippen molar-refractivity contribution in [3.8, 4) is 10.9 Å². The van der Waals surface area contributed by atoms with Crippen LogP contribution in [0.25, 0.3) is 0 Å². The summed E-state index contributed by atoms with van der Waals surface area (Å²) >= 11 is 1.000. The molecule has 2 aromatic rings. The molecule has 0 aliphatic carbocycles. The minimum absolute atomic E-state index is 0.0118. The van der Waals surface area contributed by atoms with Gasteiger partial charge in [0.05, 0.1) is 4.92 Å². The average molecular weight is 224 g/mol. The van der Waals surface area contributed by atoms with Gasteiger partial charge >= 0.3 is 5.19 Å². The normalized spacial score (nSPS) is 9.87. The summed E-state index contributed by atoms with van der Waals surface area (Å²) in [7, 11) is 0. The highest BCUT2D eigenvalue weighted by Gasteiger charge is 2.06. The Morgan fingerprint density at radius 2 is 2.07 bits per heavy atom. The predicted octanol–water partition coefficient (Wildman–Crippen LogP) is 1.63. The van der Waals surface area contributed by atoms with Crippen molar-refractivity contribution in [2.75, 3.05) is 0 Å². The van der Waals surface area contributed by atoms with Crippen molar-refractivity contribution in [1.82, 2.24) is 14.8 Å². The van der Waals surface area contributed by atoms with E-state index in [4.69, 9.17) is 4.74 Å². The van der Waals surface area contributed by atoms with Crippen LogP contribution < -0.4 is 4.74 Å². The zero-order valence-corrected chi connectivity index (χ0v) is 8.05. The van der Waals surface area contributed by atoms with E-state index < -0.39 is 4.92 Å². The first-order valence-corrected chi connectivity index (χ1v) is 4.60. The van der Waals surface area contributed by atoms with E-state index in [1.54, 1.807) is 0 Å². The molecule has 1 aromatic carbocycles. The molecule has 1 aromatic heterocycles. The first-order chi connectivity index (χ1) is 7.25. The van der Waals surface area contributed by atoms with Crippen molar-refractivity contribution in [1.29, 1.82) is 0 Å². The van der Waals surface area contributed by atoms with E-state index in [2.05, 4.69) is 14.8 Å². The lowest BCUT2D eigenvalue weighted by Crippen LogP contribution is -1.88. The molecule has 0 saturated carbocycles. The van der Waals surface area contributed by atoms with E-state index in [9.17, 15) is 10.1 Å². The Morgan fingerprint density at radius 3 is 2.60 bits per heavy atom. The molecule has 2 rings (SSSR count). The van der Waals surface area contributed by atoms with Gasteiger partial charge in [0.2, 0.25) is 0 Å². The van der Waals surface area contributed by atoms with Gasteiger partial charge in [-0.05, 0) is 17.3 Å². The van der Waals surface area contributed by atoms with Gasteiger partial charge in [-0.1, -0.05) is 9.59 Å². The molecule has 76 valence electrons. The third-order valence-electron chi connectivity index (χ3n) is 1.53. The molecule has 0 aliphatic heterocycles. The number of aromatic nitrogens is 3. The molecule has 0 spiro atoms. The number of nitro benzene ring substituents is 1. The zero-order chi connectivity index (χ0) is 10.7. The van der Waals surface area contributed by atoms with Gasteiger partial charge in [0.25, 0.3) is 5.69 Å². The molecule has 0 radical (unpaired) electrons. The lowest BCUT2D eigenvalue weighted by atomic mass is 10.3. The topological polar surface area (TPSA) is 91.0 Å². The zero-order valence-electron chi connectivity index (χ0n) is 7.23. The average Bonchev–Trinajstić information content (AvgIpc) is 2.71. The van der Waals surface area contributed by atoms with Gasteiger partial charge in [0.15, 0.2) is 0 Å². The lowest BCUT2D eigenvalue weighted by molar-refractivity contribution is -0.384. The van der Waals surface area contributed by atoms with Crippen molar-refractivity contribution in [3.63, 3.8) is 0 Å². The van der Waals surface area contributed by atoms with Crippen LogP contribution in [0, 0.1) is 10.1 Å². The molecule has 15 heavy (non-hydrogen) atoms. The van der Waals surface area contributed by atoms with Crippen LogP contribution in [0.1, 0.15) is 0 Å². The summed E-state index contributed by atoms with van der Waals surface area (Å²) in [6.45, 7) is 0. The molecule has 0 fully saturated rings. The van der Waals surface area contributed by atoms with Crippen molar-refractivity contribution >= 4 is 17.2 Å². The van der Waals surface area contributed by atoms with Crippen LogP contribution >= 0.6 is 11.5 Å². The fourth-order valence-electron chi connectivity index (χ4n) is 0.902. The highest BCUT2D eigenvalue weighted by molar-refractivity contribution is 7.07. The van der Waals surface area contributed by atoms with E-state index in [1.165, 1.54) is 24.3 Å². The van der Waals surface area contributed by atoms with Gasteiger partial charge in [-0.3, -0.25) is 10.1 Å². The van der Waals surface area contributed by atoms with E-state index >= 15 is 0 Å². The standard InChI is InChI=1S/C7H4N4O3S/c12-11(13)5-1-3-6(4-2-5)14-7-8-9-10-15-7/h1-4H. The minimum Gasteiger partial charge on any atom is -0.429 e. The SMILES string of the molecule is O=[N+]([O-])c1ccc(Oc2nnns2)cc1. The molecule has 1 heterocycles. The second kappa shape index (κ2) is 3.96. The van der Waals surface area contributed by atoms with Gasteiger partial charge in [0.1, 0.15) is 5.75 Å². The van der Waals surface area contributed by atoms with Crippen molar-refractivity contribution in [2.24, 2.45) is 0 Å². The molecular weight excluding hydrogens is 220 g/mol. The molecule has 7 nitrogen and oxygen atoms in total. The summed E-state index contributed by atoms with van der Waals surface area (Å²) in [6, 6.07) is 5.67. The Morgan fingerprint density at radius 1 is 1.33 bits per heavy atom. The Balaban J connectivity index is 2.14. The second-order valence-electron chi connectivity index (χ2n) is 2.48. The summed E-state index contributed by atoms with van der Waals surface area (Å²) in [5, 5.41) is 17.6. The molecule has 0 bridgehead atoms. The maximum absolute atomic E-state index is 10.4. The molecule has 0 aliphatic rings. The summed E-state index contributed by atoms with van der Waals surface area (Å²) in [6.07, 6.45) is 0. The second-order valence-corrected chi connectivity index (χ2v) is 3.18. The van der Waals surface area contributed by atoms with Crippen LogP contribution in [-0.2, 0) is 0 Å². The number of nitro groups is 1. The fourth-order valence-corrected chi connectivity index (χ4v) is 1.25. The number of benzene rings is 1. The van der Waals surface area contributed by atoms with Crippen LogP contribution in [0.3, 0.4) is 0 Å². The third-order valence-corrected chi connectivity index (χ3v) is 2.01. The number of non-ortho nitro benzene ring substituents is 1.